The van der Waals surface area contributed by atoms with Crippen molar-refractivity contribution in [1.29, 1.82) is 0 Å². The van der Waals surface area contributed by atoms with Gasteiger partial charge in [-0.05, 0) is 42.0 Å². The molecule has 0 aliphatic carbocycles. The fourth-order valence-corrected chi connectivity index (χ4v) is 5.90. The first-order valence-electron chi connectivity index (χ1n) is 11.3. The van der Waals surface area contributed by atoms with Gasteiger partial charge in [0.1, 0.15) is 6.61 Å². The highest BCUT2D eigenvalue weighted by molar-refractivity contribution is 7.89. The first-order valence-corrected chi connectivity index (χ1v) is 12.7. The summed E-state index contributed by atoms with van der Waals surface area (Å²) in [7, 11) is -1.27. The molecule has 2 heterocycles. The molecule has 0 fully saturated rings. The highest BCUT2D eigenvalue weighted by Gasteiger charge is 2.32. The number of hydrogen-bond donors (Lipinski definition) is 0. The predicted octanol–water partition coefficient (Wildman–Crippen LogP) is 4.28. The zero-order valence-corrected chi connectivity index (χ0v) is 20.6. The third-order valence-electron chi connectivity index (χ3n) is 6.12. The molecule has 0 spiro atoms. The molecular formula is C27H24N2O6S. The summed E-state index contributed by atoms with van der Waals surface area (Å²) >= 11 is 0. The Morgan fingerprint density at radius 3 is 2.58 bits per heavy atom. The third kappa shape index (κ3) is 4.27. The van der Waals surface area contributed by atoms with Crippen LogP contribution in [0.15, 0.2) is 77.8 Å². The molecule has 0 N–H and O–H groups in total. The molecule has 9 heteroatoms. The highest BCUT2D eigenvalue weighted by Crippen LogP contribution is 2.39. The van der Waals surface area contributed by atoms with E-state index >= 15 is 0 Å². The summed E-state index contributed by atoms with van der Waals surface area (Å²) in [5.41, 5.74) is 3.20. The van der Waals surface area contributed by atoms with E-state index in [4.69, 9.17) is 14.2 Å². The quantitative estimate of drug-likeness (QED) is 0.375. The Morgan fingerprint density at radius 1 is 1.00 bits per heavy atom. The van der Waals surface area contributed by atoms with Crippen LogP contribution in [0.2, 0.25) is 0 Å². The number of sulfonamides is 1. The monoisotopic (exact) mass is 504 g/mol. The van der Waals surface area contributed by atoms with Crippen LogP contribution in [0.1, 0.15) is 15.9 Å². The molecular weight excluding hydrogens is 480 g/mol. The molecule has 0 atom stereocenters. The van der Waals surface area contributed by atoms with Gasteiger partial charge in [-0.25, -0.2) is 13.2 Å². The Bertz CT molecular complexity index is 1570. The van der Waals surface area contributed by atoms with Crippen molar-refractivity contribution in [2.75, 3.05) is 27.4 Å². The average Bonchev–Trinajstić information content (AvgIpc) is 3.15. The lowest BCUT2D eigenvalue weighted by Crippen LogP contribution is -2.33. The van der Waals surface area contributed by atoms with Gasteiger partial charge in [0.15, 0.2) is 11.5 Å². The number of nitrogens with zero attached hydrogens (tertiary/aromatic N) is 2. The molecule has 4 aromatic rings. The molecule has 8 nitrogen and oxygen atoms in total. The van der Waals surface area contributed by atoms with Gasteiger partial charge in [-0.3, -0.25) is 4.98 Å². The second kappa shape index (κ2) is 9.60. The van der Waals surface area contributed by atoms with E-state index in [0.717, 1.165) is 22.0 Å². The zero-order valence-electron chi connectivity index (χ0n) is 19.8. The number of hydrogen-bond acceptors (Lipinski definition) is 7. The highest BCUT2D eigenvalue weighted by atomic mass is 32.2. The number of carbonyl (C=O) groups excluding carboxylic acids is 1. The van der Waals surface area contributed by atoms with Crippen LogP contribution in [0.25, 0.3) is 22.0 Å². The maximum absolute atomic E-state index is 13.7. The lowest BCUT2D eigenvalue weighted by atomic mass is 10.0. The molecule has 1 aliphatic rings. The van der Waals surface area contributed by atoms with Crippen molar-refractivity contribution in [2.45, 2.75) is 11.4 Å². The predicted molar refractivity (Wildman–Crippen MR) is 135 cm³/mol. The van der Waals surface area contributed by atoms with E-state index < -0.39 is 16.0 Å². The van der Waals surface area contributed by atoms with Gasteiger partial charge < -0.3 is 14.2 Å². The minimum atomic E-state index is -4.04. The van der Waals surface area contributed by atoms with Crippen molar-refractivity contribution in [3.63, 3.8) is 0 Å². The summed E-state index contributed by atoms with van der Waals surface area (Å²) in [5.74, 6) is 0.284. The van der Waals surface area contributed by atoms with Gasteiger partial charge in [-0.1, -0.05) is 30.3 Å². The van der Waals surface area contributed by atoms with Crippen molar-refractivity contribution in [3.8, 4) is 22.6 Å². The van der Waals surface area contributed by atoms with Crippen molar-refractivity contribution in [3.05, 3.63) is 84.1 Å². The van der Waals surface area contributed by atoms with E-state index in [-0.39, 0.29) is 30.2 Å². The Morgan fingerprint density at radius 2 is 1.78 bits per heavy atom. The average molecular weight is 505 g/mol. The third-order valence-corrected chi connectivity index (χ3v) is 8.02. The van der Waals surface area contributed by atoms with Crippen molar-refractivity contribution in [1.82, 2.24) is 9.29 Å². The molecule has 184 valence electrons. The first kappa shape index (κ1) is 23.8. The van der Waals surface area contributed by atoms with Gasteiger partial charge in [0, 0.05) is 35.8 Å². The summed E-state index contributed by atoms with van der Waals surface area (Å²) in [5, 5.41) is 0.990. The first-order chi connectivity index (χ1) is 17.4. The van der Waals surface area contributed by atoms with Crippen LogP contribution >= 0.6 is 0 Å². The number of benzene rings is 3. The summed E-state index contributed by atoms with van der Waals surface area (Å²) in [6, 6.07) is 19.6. The summed E-state index contributed by atoms with van der Waals surface area (Å²) in [4.78, 5) is 16.7. The Kier molecular flexibility index (Phi) is 6.34. The van der Waals surface area contributed by atoms with Crippen LogP contribution in [0.5, 0.6) is 11.5 Å². The Hall–Kier alpha value is -3.95. The zero-order chi connectivity index (χ0) is 25.3. The molecule has 0 saturated carbocycles. The van der Waals surface area contributed by atoms with Crippen molar-refractivity contribution < 1.29 is 27.4 Å². The van der Waals surface area contributed by atoms with E-state index in [0.29, 0.717) is 17.1 Å². The number of pyridine rings is 1. The summed E-state index contributed by atoms with van der Waals surface area (Å²) < 4.78 is 45.0. The molecule has 0 bridgehead atoms. The van der Waals surface area contributed by atoms with Gasteiger partial charge >= 0.3 is 5.97 Å². The minimum absolute atomic E-state index is 0.0149. The van der Waals surface area contributed by atoms with Crippen LogP contribution in [-0.4, -0.2) is 51.0 Å². The van der Waals surface area contributed by atoms with E-state index in [1.165, 1.54) is 23.5 Å². The smallest absolute Gasteiger partial charge is 0.339 e. The summed E-state index contributed by atoms with van der Waals surface area (Å²) in [6.45, 7) is 0.265. The second-order valence-corrected chi connectivity index (χ2v) is 10.2. The number of methoxy groups -OCH3 is 2. The van der Waals surface area contributed by atoms with Gasteiger partial charge in [0.2, 0.25) is 10.0 Å². The molecule has 0 unspecified atom stereocenters. The molecule has 3 aromatic carbocycles. The van der Waals surface area contributed by atoms with Crippen molar-refractivity contribution in [2.24, 2.45) is 0 Å². The fourth-order valence-electron chi connectivity index (χ4n) is 4.32. The largest absolute Gasteiger partial charge is 0.493 e. The molecule has 1 aromatic heterocycles. The number of esters is 1. The topological polar surface area (TPSA) is 95.0 Å². The van der Waals surface area contributed by atoms with Crippen LogP contribution in [-0.2, 0) is 21.3 Å². The van der Waals surface area contributed by atoms with Crippen LogP contribution in [0, 0.1) is 0 Å². The molecule has 0 amide bonds. The SMILES string of the molecule is COC(=O)c1ccccc1S(=O)(=O)N1CCOc2c(cc(-c3cnc4ccccc4c3)cc2OC)C1. The Labute approximate surface area is 209 Å². The molecule has 0 radical (unpaired) electrons. The number of rotatable bonds is 5. The van der Waals surface area contributed by atoms with Crippen LogP contribution in [0.3, 0.4) is 0 Å². The number of aromatic nitrogens is 1. The maximum atomic E-state index is 13.7. The van der Waals surface area contributed by atoms with Crippen LogP contribution in [0.4, 0.5) is 0 Å². The van der Waals surface area contributed by atoms with E-state index in [9.17, 15) is 13.2 Å². The molecule has 5 rings (SSSR count). The van der Waals surface area contributed by atoms with Gasteiger partial charge in [0.05, 0.1) is 30.2 Å². The van der Waals surface area contributed by atoms with E-state index in [1.807, 2.05) is 42.5 Å². The minimum Gasteiger partial charge on any atom is -0.493 e. The van der Waals surface area contributed by atoms with Crippen LogP contribution < -0.4 is 9.47 Å². The number of ether oxygens (including phenoxy) is 3. The fraction of sp³-hybridized carbons (Fsp3) is 0.185. The lowest BCUT2D eigenvalue weighted by molar-refractivity contribution is 0.0596. The maximum Gasteiger partial charge on any atom is 0.339 e. The molecule has 0 saturated heterocycles. The lowest BCUT2D eigenvalue weighted by Gasteiger charge is -2.21. The molecule has 36 heavy (non-hydrogen) atoms. The Balaban J connectivity index is 1.57. The number of fused-ring (bicyclic) bond motifs is 2. The van der Waals surface area contributed by atoms with E-state index in [2.05, 4.69) is 4.98 Å². The molecule has 1 aliphatic heterocycles. The van der Waals surface area contributed by atoms with Gasteiger partial charge in [-0.2, -0.15) is 4.31 Å². The van der Waals surface area contributed by atoms with Gasteiger partial charge in [-0.15, -0.1) is 0 Å². The van der Waals surface area contributed by atoms with E-state index in [1.54, 1.807) is 25.4 Å². The van der Waals surface area contributed by atoms with Crippen molar-refractivity contribution >= 4 is 26.9 Å². The number of carbonyl (C=O) groups is 1. The summed E-state index contributed by atoms with van der Waals surface area (Å²) in [6.07, 6.45) is 1.78. The standard InChI is InChI=1S/C27H24N2O6S/c1-33-24-15-19(20-13-18-7-3-5-9-23(18)28-16-20)14-21-17-29(11-12-35-26(21)24)36(31,32)25-10-6-4-8-22(25)27(30)34-2/h3-10,13-16H,11-12,17H2,1-2H3. The number of para-hydroxylation sites is 1. The second-order valence-electron chi connectivity index (χ2n) is 8.26. The van der Waals surface area contributed by atoms with Gasteiger partial charge in [0.25, 0.3) is 0 Å². The normalized spacial score (nSPS) is 13.9.